The molecule has 0 unspecified atom stereocenters. The van der Waals surface area contributed by atoms with Crippen LogP contribution in [-0.4, -0.2) is 29.9 Å². The van der Waals surface area contributed by atoms with E-state index in [9.17, 15) is 9.59 Å². The van der Waals surface area contributed by atoms with E-state index >= 15 is 0 Å². The summed E-state index contributed by atoms with van der Waals surface area (Å²) in [6.07, 6.45) is 1.70. The van der Waals surface area contributed by atoms with Gasteiger partial charge in [0.25, 0.3) is 11.5 Å². The number of fused-ring (bicyclic) bond motifs is 1. The molecule has 0 saturated heterocycles. The minimum atomic E-state index is -0.667. The monoisotopic (exact) mass is 354 g/mol. The van der Waals surface area contributed by atoms with E-state index in [-0.39, 0.29) is 11.1 Å². The second-order valence-electron chi connectivity index (χ2n) is 5.71. The first-order valence-corrected chi connectivity index (χ1v) is 7.85. The fourth-order valence-corrected chi connectivity index (χ4v) is 2.76. The largest absolute Gasteiger partial charge is 0.497 e. The molecular weight excluding hydrogens is 336 g/mol. The second-order valence-corrected chi connectivity index (χ2v) is 5.71. The molecular formula is C19H18N2O5. The Morgan fingerprint density at radius 2 is 1.77 bits per heavy atom. The maximum Gasteiger partial charge on any atom is 0.274 e. The van der Waals surface area contributed by atoms with E-state index < -0.39 is 5.91 Å². The van der Waals surface area contributed by atoms with Crippen molar-refractivity contribution in [3.63, 3.8) is 0 Å². The molecule has 7 nitrogen and oxygen atoms in total. The van der Waals surface area contributed by atoms with E-state index in [1.165, 1.54) is 10.6 Å². The second kappa shape index (κ2) is 7.28. The van der Waals surface area contributed by atoms with Crippen LogP contribution in [0.25, 0.3) is 10.8 Å². The van der Waals surface area contributed by atoms with E-state index in [2.05, 4.69) is 0 Å². The normalized spacial score (nSPS) is 10.6. The van der Waals surface area contributed by atoms with Crippen molar-refractivity contribution in [1.82, 2.24) is 10.0 Å². The maximum atomic E-state index is 12.8. The summed E-state index contributed by atoms with van der Waals surface area (Å²) < 4.78 is 12.0. The minimum absolute atomic E-state index is 0.206. The number of nitrogens with zero attached hydrogens (tertiary/aromatic N) is 1. The molecule has 1 amide bonds. The quantitative estimate of drug-likeness (QED) is 0.541. The average molecular weight is 354 g/mol. The van der Waals surface area contributed by atoms with Gasteiger partial charge >= 0.3 is 0 Å². The fourth-order valence-electron chi connectivity index (χ4n) is 2.76. The molecule has 1 heterocycles. The van der Waals surface area contributed by atoms with Crippen molar-refractivity contribution in [2.24, 2.45) is 0 Å². The smallest absolute Gasteiger partial charge is 0.274 e. The molecule has 26 heavy (non-hydrogen) atoms. The lowest BCUT2D eigenvalue weighted by molar-refractivity contribution is 0.0706. The standard InChI is InChI=1S/C19H18N2O5/c1-25-15-7-12(8-16(10-15)26-2)11-21-6-5-13-3-4-14(18(22)20-24)9-17(13)19(21)23/h3-10,24H,11H2,1-2H3,(H,20,22). The maximum absolute atomic E-state index is 12.8. The van der Waals surface area contributed by atoms with E-state index in [0.29, 0.717) is 28.8 Å². The minimum Gasteiger partial charge on any atom is -0.497 e. The highest BCUT2D eigenvalue weighted by atomic mass is 16.5. The Morgan fingerprint density at radius 3 is 2.38 bits per heavy atom. The highest BCUT2D eigenvalue weighted by molar-refractivity contribution is 5.97. The predicted molar refractivity (Wildman–Crippen MR) is 96.1 cm³/mol. The van der Waals surface area contributed by atoms with Gasteiger partial charge in [-0.05, 0) is 41.3 Å². The van der Waals surface area contributed by atoms with Crippen LogP contribution in [0.4, 0.5) is 0 Å². The lowest BCUT2D eigenvalue weighted by atomic mass is 10.1. The first-order chi connectivity index (χ1) is 12.5. The SMILES string of the molecule is COc1cc(Cn2ccc3ccc(C(=O)NO)cc3c2=O)cc(OC)c1. The zero-order chi connectivity index (χ0) is 18.7. The van der Waals surface area contributed by atoms with Gasteiger partial charge in [-0.2, -0.15) is 0 Å². The molecule has 0 aliphatic carbocycles. The van der Waals surface area contributed by atoms with Gasteiger partial charge in [0.1, 0.15) is 11.5 Å². The van der Waals surface area contributed by atoms with Gasteiger partial charge in [-0.1, -0.05) is 6.07 Å². The lowest BCUT2D eigenvalue weighted by Crippen LogP contribution is -2.22. The zero-order valence-corrected chi connectivity index (χ0v) is 14.4. The van der Waals surface area contributed by atoms with Crippen LogP contribution in [-0.2, 0) is 6.54 Å². The molecule has 7 heteroatoms. The molecule has 0 bridgehead atoms. The van der Waals surface area contributed by atoms with Gasteiger partial charge in [0.05, 0.1) is 20.8 Å². The number of hydrogen-bond donors (Lipinski definition) is 2. The number of carbonyl (C=O) groups is 1. The van der Waals surface area contributed by atoms with Crippen molar-refractivity contribution in [1.29, 1.82) is 0 Å². The van der Waals surface area contributed by atoms with E-state index in [4.69, 9.17) is 14.7 Å². The number of hydroxylamine groups is 1. The van der Waals surface area contributed by atoms with E-state index in [1.807, 2.05) is 12.1 Å². The first kappa shape index (κ1) is 17.5. The summed E-state index contributed by atoms with van der Waals surface area (Å²) in [7, 11) is 3.13. The molecule has 0 aliphatic rings. The number of nitrogens with one attached hydrogen (secondary N) is 1. The number of benzene rings is 2. The number of hydrogen-bond acceptors (Lipinski definition) is 5. The Hall–Kier alpha value is -3.32. The summed E-state index contributed by atoms with van der Waals surface area (Å²) >= 11 is 0. The van der Waals surface area contributed by atoms with Crippen LogP contribution < -0.4 is 20.5 Å². The van der Waals surface area contributed by atoms with Crippen molar-refractivity contribution in [2.75, 3.05) is 14.2 Å². The van der Waals surface area contributed by atoms with Crippen LogP contribution in [0.3, 0.4) is 0 Å². The summed E-state index contributed by atoms with van der Waals surface area (Å²) in [6, 6.07) is 11.9. The van der Waals surface area contributed by atoms with Crippen molar-refractivity contribution < 1.29 is 19.5 Å². The summed E-state index contributed by atoms with van der Waals surface area (Å²) in [6.45, 7) is 0.318. The van der Waals surface area contributed by atoms with Crippen LogP contribution in [0, 0.1) is 0 Å². The van der Waals surface area contributed by atoms with E-state index in [0.717, 1.165) is 5.56 Å². The van der Waals surface area contributed by atoms with Gasteiger partial charge in [0, 0.05) is 23.2 Å². The first-order valence-electron chi connectivity index (χ1n) is 7.85. The molecule has 0 fully saturated rings. The van der Waals surface area contributed by atoms with Gasteiger partial charge in [-0.25, -0.2) is 5.48 Å². The van der Waals surface area contributed by atoms with E-state index in [1.54, 1.807) is 50.2 Å². The summed E-state index contributed by atoms with van der Waals surface area (Å²) in [4.78, 5) is 24.4. The van der Waals surface area contributed by atoms with Crippen molar-refractivity contribution in [3.05, 3.63) is 70.1 Å². The van der Waals surface area contributed by atoms with Crippen LogP contribution in [0.5, 0.6) is 11.5 Å². The summed E-state index contributed by atoms with van der Waals surface area (Å²) in [5.41, 5.74) is 2.38. The van der Waals surface area contributed by atoms with Gasteiger partial charge < -0.3 is 14.0 Å². The molecule has 1 aromatic heterocycles. The van der Waals surface area contributed by atoms with Crippen molar-refractivity contribution >= 4 is 16.7 Å². The lowest BCUT2D eigenvalue weighted by Gasteiger charge is -2.11. The third-order valence-corrected chi connectivity index (χ3v) is 4.11. The zero-order valence-electron chi connectivity index (χ0n) is 14.4. The molecule has 0 radical (unpaired) electrons. The summed E-state index contributed by atoms with van der Waals surface area (Å²) in [5.74, 6) is 0.601. The molecule has 0 spiro atoms. The number of ether oxygens (including phenoxy) is 2. The van der Waals surface area contributed by atoms with Crippen LogP contribution in [0.2, 0.25) is 0 Å². The molecule has 2 N–H and O–H groups in total. The van der Waals surface area contributed by atoms with Gasteiger partial charge in [0.2, 0.25) is 0 Å². The Balaban J connectivity index is 2.04. The third kappa shape index (κ3) is 3.38. The Kier molecular flexibility index (Phi) is 4.90. The molecule has 0 aliphatic heterocycles. The van der Waals surface area contributed by atoms with Gasteiger partial charge in [0.15, 0.2) is 0 Å². The molecule has 0 saturated carbocycles. The molecule has 3 rings (SSSR count). The number of aromatic nitrogens is 1. The number of carbonyl (C=O) groups excluding carboxylic acids is 1. The molecule has 2 aromatic carbocycles. The Bertz CT molecular complexity index is 1000. The van der Waals surface area contributed by atoms with Gasteiger partial charge in [-0.15, -0.1) is 0 Å². The van der Waals surface area contributed by atoms with Crippen LogP contribution >= 0.6 is 0 Å². The molecule has 0 atom stereocenters. The third-order valence-electron chi connectivity index (χ3n) is 4.11. The van der Waals surface area contributed by atoms with Crippen LogP contribution in [0.1, 0.15) is 15.9 Å². The average Bonchev–Trinajstić information content (AvgIpc) is 2.69. The number of rotatable bonds is 5. The molecule has 134 valence electrons. The van der Waals surface area contributed by atoms with Crippen LogP contribution in [0.15, 0.2) is 53.5 Å². The fraction of sp³-hybridized carbons (Fsp3) is 0.158. The topological polar surface area (TPSA) is 89.8 Å². The molecule has 3 aromatic rings. The highest BCUT2D eigenvalue weighted by Gasteiger charge is 2.10. The predicted octanol–water partition coefficient (Wildman–Crippen LogP) is 2.19. The summed E-state index contributed by atoms with van der Waals surface area (Å²) in [5, 5.41) is 9.88. The Labute approximate surface area is 149 Å². The number of methoxy groups -OCH3 is 2. The van der Waals surface area contributed by atoms with Crippen molar-refractivity contribution in [2.45, 2.75) is 6.54 Å². The van der Waals surface area contributed by atoms with Gasteiger partial charge in [-0.3, -0.25) is 14.8 Å². The number of pyridine rings is 1. The number of amides is 1. The Morgan fingerprint density at radius 1 is 1.08 bits per heavy atom. The highest BCUT2D eigenvalue weighted by Crippen LogP contribution is 2.23. The van der Waals surface area contributed by atoms with Crippen molar-refractivity contribution in [3.8, 4) is 11.5 Å².